The van der Waals surface area contributed by atoms with E-state index in [2.05, 4.69) is 52.9 Å². The van der Waals surface area contributed by atoms with Gasteiger partial charge in [-0.1, -0.05) is 36.4 Å². The van der Waals surface area contributed by atoms with Crippen LogP contribution in [0.4, 0.5) is 0 Å². The summed E-state index contributed by atoms with van der Waals surface area (Å²) in [6.07, 6.45) is 1.16. The molecule has 0 spiro atoms. The molecule has 0 saturated heterocycles. The summed E-state index contributed by atoms with van der Waals surface area (Å²) in [7, 11) is 3.50. The minimum atomic E-state index is 0. The fraction of sp³-hybridized carbons (Fsp3) is 0.350. The molecule has 1 fully saturated rings. The molecular formula is C20H26IN3O. The van der Waals surface area contributed by atoms with Crippen LogP contribution >= 0.6 is 24.0 Å². The lowest BCUT2D eigenvalue weighted by molar-refractivity contribution is 0.414. The fourth-order valence-corrected chi connectivity index (χ4v) is 3.04. The predicted octanol–water partition coefficient (Wildman–Crippen LogP) is 3.84. The molecule has 2 aromatic rings. The van der Waals surface area contributed by atoms with Crippen molar-refractivity contribution in [3.63, 3.8) is 0 Å². The van der Waals surface area contributed by atoms with E-state index in [0.717, 1.165) is 24.7 Å². The molecule has 0 bridgehead atoms. The highest BCUT2D eigenvalue weighted by molar-refractivity contribution is 14.0. The first-order chi connectivity index (χ1) is 11.7. The molecule has 2 aromatic carbocycles. The topological polar surface area (TPSA) is 45.7 Å². The summed E-state index contributed by atoms with van der Waals surface area (Å²) in [6.45, 7) is 2.90. The fourth-order valence-electron chi connectivity index (χ4n) is 3.04. The quantitative estimate of drug-likeness (QED) is 0.413. The molecule has 1 saturated carbocycles. The highest BCUT2D eigenvalue weighted by Crippen LogP contribution is 2.41. The normalized spacial score (nSPS) is 18.9. The Hall–Kier alpha value is -1.76. The van der Waals surface area contributed by atoms with Crippen LogP contribution in [0.25, 0.3) is 0 Å². The molecule has 0 amide bonds. The van der Waals surface area contributed by atoms with E-state index in [1.165, 1.54) is 16.7 Å². The van der Waals surface area contributed by atoms with Crippen LogP contribution in [0.1, 0.15) is 29.0 Å². The Kier molecular flexibility index (Phi) is 7.11. The van der Waals surface area contributed by atoms with E-state index in [4.69, 9.17) is 4.74 Å². The number of ether oxygens (including phenoxy) is 1. The smallest absolute Gasteiger partial charge is 0.191 e. The average molecular weight is 451 g/mol. The number of nitrogens with zero attached hydrogens (tertiary/aromatic N) is 1. The van der Waals surface area contributed by atoms with Crippen LogP contribution in [0.5, 0.6) is 5.75 Å². The van der Waals surface area contributed by atoms with Crippen molar-refractivity contribution in [2.75, 3.05) is 14.2 Å². The number of nitrogens with one attached hydrogen (secondary N) is 2. The maximum Gasteiger partial charge on any atom is 0.191 e. The molecule has 2 unspecified atom stereocenters. The predicted molar refractivity (Wildman–Crippen MR) is 114 cm³/mol. The summed E-state index contributed by atoms with van der Waals surface area (Å²) in [5.41, 5.74) is 3.98. The Labute approximate surface area is 167 Å². The molecule has 0 aromatic heterocycles. The van der Waals surface area contributed by atoms with Crippen molar-refractivity contribution in [3.8, 4) is 5.75 Å². The van der Waals surface area contributed by atoms with Crippen molar-refractivity contribution < 1.29 is 4.74 Å². The number of hydrogen-bond acceptors (Lipinski definition) is 2. The first-order valence-corrected chi connectivity index (χ1v) is 8.37. The molecule has 3 rings (SSSR count). The van der Waals surface area contributed by atoms with Gasteiger partial charge in [-0.25, -0.2) is 0 Å². The van der Waals surface area contributed by atoms with Gasteiger partial charge in [0.1, 0.15) is 5.75 Å². The summed E-state index contributed by atoms with van der Waals surface area (Å²) in [5, 5.41) is 6.90. The standard InChI is InChI=1S/C20H25N3O.HI/c1-14-7-4-5-10-17(14)18-12-19(18)23-20(21-2)22-13-15-8-6-9-16(11-15)24-3;/h4-11,18-19H,12-13H2,1-3H3,(H2,21,22,23);1H. The van der Waals surface area contributed by atoms with Gasteiger partial charge >= 0.3 is 0 Å². The van der Waals surface area contributed by atoms with E-state index >= 15 is 0 Å². The monoisotopic (exact) mass is 451 g/mol. The third kappa shape index (κ3) is 5.11. The van der Waals surface area contributed by atoms with E-state index in [1.807, 2.05) is 25.2 Å². The number of guanidine groups is 1. The molecule has 0 aliphatic heterocycles. The Balaban J connectivity index is 0.00000225. The van der Waals surface area contributed by atoms with Crippen LogP contribution in [-0.2, 0) is 6.54 Å². The second-order valence-electron chi connectivity index (χ2n) is 6.23. The van der Waals surface area contributed by atoms with E-state index in [-0.39, 0.29) is 24.0 Å². The Morgan fingerprint density at radius 2 is 2.00 bits per heavy atom. The number of halogens is 1. The zero-order valence-electron chi connectivity index (χ0n) is 15.0. The maximum atomic E-state index is 5.26. The van der Waals surface area contributed by atoms with Gasteiger partial charge in [0.05, 0.1) is 7.11 Å². The van der Waals surface area contributed by atoms with Crippen LogP contribution in [-0.4, -0.2) is 26.2 Å². The van der Waals surface area contributed by atoms with Gasteiger partial charge < -0.3 is 15.4 Å². The summed E-state index contributed by atoms with van der Waals surface area (Å²) in [5.74, 6) is 2.31. The highest BCUT2D eigenvalue weighted by atomic mass is 127. The maximum absolute atomic E-state index is 5.26. The van der Waals surface area contributed by atoms with E-state index in [9.17, 15) is 0 Å². The molecule has 5 heteroatoms. The van der Waals surface area contributed by atoms with Crippen LogP contribution in [0.15, 0.2) is 53.5 Å². The molecule has 4 nitrogen and oxygen atoms in total. The second-order valence-corrected chi connectivity index (χ2v) is 6.23. The van der Waals surface area contributed by atoms with Crippen molar-refractivity contribution in [2.45, 2.75) is 31.8 Å². The zero-order valence-corrected chi connectivity index (χ0v) is 17.3. The number of aliphatic imine (C=N–C) groups is 1. The lowest BCUT2D eigenvalue weighted by Gasteiger charge is -2.13. The van der Waals surface area contributed by atoms with Gasteiger partial charge in [0.25, 0.3) is 0 Å². The van der Waals surface area contributed by atoms with Gasteiger partial charge in [0.15, 0.2) is 5.96 Å². The lowest BCUT2D eigenvalue weighted by Crippen LogP contribution is -2.38. The molecule has 1 aliphatic carbocycles. The van der Waals surface area contributed by atoms with Crippen LogP contribution in [0.2, 0.25) is 0 Å². The zero-order chi connectivity index (χ0) is 16.9. The largest absolute Gasteiger partial charge is 0.497 e. The summed E-state index contributed by atoms with van der Waals surface area (Å²) in [4.78, 5) is 4.34. The van der Waals surface area contributed by atoms with E-state index in [1.54, 1.807) is 7.11 Å². The van der Waals surface area contributed by atoms with Gasteiger partial charge in [-0.2, -0.15) is 0 Å². The lowest BCUT2D eigenvalue weighted by atomic mass is 10.0. The summed E-state index contributed by atoms with van der Waals surface area (Å²) in [6, 6.07) is 17.2. The first-order valence-electron chi connectivity index (χ1n) is 8.37. The number of hydrogen-bond donors (Lipinski definition) is 2. The van der Waals surface area contributed by atoms with Crippen LogP contribution in [0.3, 0.4) is 0 Å². The summed E-state index contributed by atoms with van der Waals surface area (Å²) >= 11 is 0. The van der Waals surface area contributed by atoms with E-state index in [0.29, 0.717) is 12.0 Å². The Morgan fingerprint density at radius 1 is 1.20 bits per heavy atom. The van der Waals surface area contributed by atoms with Crippen LogP contribution in [0, 0.1) is 6.92 Å². The highest BCUT2D eigenvalue weighted by Gasteiger charge is 2.39. The van der Waals surface area contributed by atoms with Gasteiger partial charge in [0, 0.05) is 25.6 Å². The second kappa shape index (κ2) is 9.08. The number of aryl methyl sites for hydroxylation is 1. The van der Waals surface area contributed by atoms with Gasteiger partial charge in [-0.15, -0.1) is 24.0 Å². The molecule has 2 N–H and O–H groups in total. The first kappa shape index (κ1) is 19.6. The van der Waals surface area contributed by atoms with Crippen molar-refractivity contribution in [3.05, 3.63) is 65.2 Å². The third-order valence-electron chi connectivity index (χ3n) is 4.52. The molecular weight excluding hydrogens is 425 g/mol. The van der Waals surface area contributed by atoms with Crippen molar-refractivity contribution >= 4 is 29.9 Å². The number of rotatable bonds is 5. The number of methoxy groups -OCH3 is 1. The molecule has 25 heavy (non-hydrogen) atoms. The molecule has 0 radical (unpaired) electrons. The molecule has 2 atom stereocenters. The Morgan fingerprint density at radius 3 is 2.72 bits per heavy atom. The average Bonchev–Trinajstić information content (AvgIpc) is 3.38. The van der Waals surface area contributed by atoms with Gasteiger partial charge in [-0.05, 0) is 42.2 Å². The molecule has 0 heterocycles. The molecule has 134 valence electrons. The SMILES string of the molecule is CN=C(NCc1cccc(OC)c1)NC1CC1c1ccccc1C.I. The van der Waals surface area contributed by atoms with Crippen LogP contribution < -0.4 is 15.4 Å². The van der Waals surface area contributed by atoms with Crippen molar-refractivity contribution in [2.24, 2.45) is 4.99 Å². The van der Waals surface area contributed by atoms with Crippen molar-refractivity contribution in [1.29, 1.82) is 0 Å². The summed E-state index contributed by atoms with van der Waals surface area (Å²) < 4.78 is 5.26. The third-order valence-corrected chi connectivity index (χ3v) is 4.52. The minimum absolute atomic E-state index is 0. The van der Waals surface area contributed by atoms with Crippen molar-refractivity contribution in [1.82, 2.24) is 10.6 Å². The number of benzene rings is 2. The molecule has 1 aliphatic rings. The van der Waals surface area contributed by atoms with Gasteiger partial charge in [0.2, 0.25) is 0 Å². The minimum Gasteiger partial charge on any atom is -0.497 e. The van der Waals surface area contributed by atoms with Gasteiger partial charge in [-0.3, -0.25) is 4.99 Å². The van der Waals surface area contributed by atoms with E-state index < -0.39 is 0 Å². The Bertz CT molecular complexity index is 732.